The molecule has 160 valence electrons. The normalized spacial score (nSPS) is 15.5. The second-order valence-electron chi connectivity index (χ2n) is 6.53. The van der Waals surface area contributed by atoms with Gasteiger partial charge in [-0.1, -0.05) is 35.9 Å². The van der Waals surface area contributed by atoms with Gasteiger partial charge in [-0.25, -0.2) is 22.5 Å². The van der Waals surface area contributed by atoms with Crippen LogP contribution in [0.4, 0.5) is 10.1 Å². The second kappa shape index (κ2) is 8.44. The lowest BCUT2D eigenvalue weighted by Crippen LogP contribution is -2.40. The first-order valence-corrected chi connectivity index (χ1v) is 11.0. The zero-order chi connectivity index (χ0) is 22.0. The number of sulfonamides is 1. The molecule has 10 heteroatoms. The molecule has 0 atom stereocenters. The Morgan fingerprint density at radius 2 is 1.81 bits per heavy atom. The quantitative estimate of drug-likeness (QED) is 0.582. The highest BCUT2D eigenvalue weighted by Crippen LogP contribution is 2.38. The number of nitrogens with one attached hydrogen (secondary N) is 2. The zero-order valence-corrected chi connectivity index (χ0v) is 17.8. The number of methoxy groups -OCH3 is 1. The summed E-state index contributed by atoms with van der Waals surface area (Å²) in [6, 6.07) is 15.9. The molecule has 2 N–H and O–H groups in total. The summed E-state index contributed by atoms with van der Waals surface area (Å²) < 4.78 is 52.4. The zero-order valence-electron chi connectivity index (χ0n) is 16.2. The Kier molecular flexibility index (Phi) is 5.71. The van der Waals surface area contributed by atoms with Crippen LogP contribution in [0.25, 0.3) is 0 Å². The number of fused-ring (bicyclic) bond motifs is 1. The van der Waals surface area contributed by atoms with E-state index in [4.69, 9.17) is 21.1 Å². The highest BCUT2D eigenvalue weighted by atomic mass is 35.5. The number of anilines is 1. The summed E-state index contributed by atoms with van der Waals surface area (Å²) in [5.41, 5.74) is 0.763. The van der Waals surface area contributed by atoms with Gasteiger partial charge >= 0.3 is 0 Å². The minimum absolute atomic E-state index is 0.00601. The molecule has 0 saturated heterocycles. The Balaban J connectivity index is 1.65. The van der Waals surface area contributed by atoms with E-state index >= 15 is 0 Å². The molecule has 0 unspecified atom stereocenters. The van der Waals surface area contributed by atoms with Crippen molar-refractivity contribution in [2.45, 2.75) is 11.4 Å². The summed E-state index contributed by atoms with van der Waals surface area (Å²) in [5.74, 6) is 0.210. The van der Waals surface area contributed by atoms with E-state index in [2.05, 4.69) is 15.0 Å². The number of aliphatic imine (C=N–C) groups is 1. The topological polar surface area (TPSA) is 89.0 Å². The minimum atomic E-state index is -3.89. The number of benzene rings is 3. The van der Waals surface area contributed by atoms with Crippen molar-refractivity contribution in [2.75, 3.05) is 12.4 Å². The molecule has 1 aliphatic rings. The summed E-state index contributed by atoms with van der Waals surface area (Å²) in [4.78, 5) is 4.24. The molecule has 4 rings (SSSR count). The van der Waals surface area contributed by atoms with E-state index in [1.54, 1.807) is 42.5 Å². The third-order valence-electron chi connectivity index (χ3n) is 4.44. The molecule has 3 aromatic carbocycles. The maximum absolute atomic E-state index is 13.9. The molecule has 7 nitrogen and oxygen atoms in total. The van der Waals surface area contributed by atoms with Crippen LogP contribution in [0.1, 0.15) is 5.56 Å². The van der Waals surface area contributed by atoms with Crippen LogP contribution in [0.15, 0.2) is 70.6 Å². The van der Waals surface area contributed by atoms with E-state index in [0.717, 1.165) is 0 Å². The van der Waals surface area contributed by atoms with Crippen molar-refractivity contribution in [3.8, 4) is 17.2 Å². The van der Waals surface area contributed by atoms with Gasteiger partial charge in [-0.05, 0) is 42.0 Å². The lowest BCUT2D eigenvalue weighted by molar-refractivity contribution is 0.386. The molecular weight excluding hydrogens is 445 g/mol. The van der Waals surface area contributed by atoms with Gasteiger partial charge in [0, 0.05) is 0 Å². The van der Waals surface area contributed by atoms with Crippen LogP contribution in [-0.4, -0.2) is 21.5 Å². The summed E-state index contributed by atoms with van der Waals surface area (Å²) in [7, 11) is -2.52. The Labute approximate surface area is 183 Å². The van der Waals surface area contributed by atoms with Gasteiger partial charge in [0.25, 0.3) is 10.0 Å². The molecule has 0 saturated carbocycles. The molecule has 31 heavy (non-hydrogen) atoms. The predicted octanol–water partition coefficient (Wildman–Crippen LogP) is 4.54. The summed E-state index contributed by atoms with van der Waals surface area (Å²) in [6.45, 7) is 0.0363. The van der Waals surface area contributed by atoms with Crippen molar-refractivity contribution in [2.24, 2.45) is 4.99 Å². The van der Waals surface area contributed by atoms with E-state index in [9.17, 15) is 12.8 Å². The van der Waals surface area contributed by atoms with Crippen molar-refractivity contribution >= 4 is 33.3 Å². The smallest absolute Gasteiger partial charge is 0.266 e. The molecular formula is C21H17ClFN3O4S. The number of rotatable bonds is 5. The standard InChI is InChI=1S/C21H17ClFN3O4S/c1-29-17-10-9-13(11-15(17)23)12-24-21-25-20-18(30-16-6-3-2-5-14(16)22)7-4-8-19(20)31(27,28)26-21/h2-11H,12H2,1H3,(H2,24,25,26). The van der Waals surface area contributed by atoms with Gasteiger partial charge in [0.15, 0.2) is 17.3 Å². The molecule has 1 heterocycles. The van der Waals surface area contributed by atoms with E-state index in [1.165, 1.54) is 25.3 Å². The molecule has 0 bridgehead atoms. The summed E-state index contributed by atoms with van der Waals surface area (Å²) >= 11 is 6.15. The summed E-state index contributed by atoms with van der Waals surface area (Å²) in [5, 5.41) is 3.32. The van der Waals surface area contributed by atoms with Gasteiger partial charge in [0.1, 0.15) is 16.3 Å². The highest BCUT2D eigenvalue weighted by molar-refractivity contribution is 7.90. The van der Waals surface area contributed by atoms with Crippen LogP contribution < -0.4 is 19.5 Å². The van der Waals surface area contributed by atoms with Crippen molar-refractivity contribution in [1.82, 2.24) is 4.72 Å². The SMILES string of the molecule is COc1ccc(CN=C2Nc3c(Oc4ccccc4Cl)cccc3S(=O)(=O)N2)cc1F. The number of nitrogens with zero attached hydrogens (tertiary/aromatic N) is 1. The maximum atomic E-state index is 13.9. The highest BCUT2D eigenvalue weighted by Gasteiger charge is 2.29. The number of ether oxygens (including phenoxy) is 2. The molecule has 0 aromatic heterocycles. The summed E-state index contributed by atoms with van der Waals surface area (Å²) in [6.07, 6.45) is 0. The van der Waals surface area contributed by atoms with Crippen LogP contribution in [0, 0.1) is 5.82 Å². The van der Waals surface area contributed by atoms with Crippen molar-refractivity contribution in [1.29, 1.82) is 0 Å². The number of halogens is 2. The first-order chi connectivity index (χ1) is 14.9. The largest absolute Gasteiger partial charge is 0.494 e. The van der Waals surface area contributed by atoms with Crippen molar-refractivity contribution in [3.63, 3.8) is 0 Å². The number of hydrogen-bond donors (Lipinski definition) is 2. The Hall–Kier alpha value is -3.30. The molecule has 1 aliphatic heterocycles. The Bertz CT molecular complexity index is 1280. The first-order valence-electron chi connectivity index (χ1n) is 9.09. The molecule has 0 aliphatic carbocycles. The van der Waals surface area contributed by atoms with Gasteiger partial charge in [-0.3, -0.25) is 0 Å². The molecule has 0 spiro atoms. The number of hydrogen-bond acceptors (Lipinski definition) is 5. The van der Waals surface area contributed by atoms with Gasteiger partial charge in [-0.15, -0.1) is 0 Å². The van der Waals surface area contributed by atoms with Gasteiger partial charge in [0.05, 0.1) is 18.7 Å². The fourth-order valence-corrected chi connectivity index (χ4v) is 4.30. The molecule has 0 amide bonds. The van der Waals surface area contributed by atoms with Gasteiger partial charge < -0.3 is 14.8 Å². The van der Waals surface area contributed by atoms with Crippen LogP contribution in [0.2, 0.25) is 5.02 Å². The average molecular weight is 462 g/mol. The van der Waals surface area contributed by atoms with E-state index in [0.29, 0.717) is 16.3 Å². The maximum Gasteiger partial charge on any atom is 0.266 e. The third-order valence-corrected chi connectivity index (χ3v) is 6.14. The number of para-hydroxylation sites is 2. The van der Waals surface area contributed by atoms with E-state index < -0.39 is 15.8 Å². The van der Waals surface area contributed by atoms with Gasteiger partial charge in [-0.2, -0.15) is 0 Å². The van der Waals surface area contributed by atoms with Crippen molar-refractivity contribution < 1.29 is 22.3 Å². The molecule has 0 fully saturated rings. The third kappa shape index (κ3) is 4.42. The Morgan fingerprint density at radius 1 is 1.03 bits per heavy atom. The van der Waals surface area contributed by atoms with Crippen molar-refractivity contribution in [3.05, 3.63) is 77.1 Å². The lowest BCUT2D eigenvalue weighted by atomic mass is 10.2. The molecule has 0 radical (unpaired) electrons. The second-order valence-corrected chi connectivity index (χ2v) is 8.58. The minimum Gasteiger partial charge on any atom is -0.494 e. The lowest BCUT2D eigenvalue weighted by Gasteiger charge is -2.23. The monoisotopic (exact) mass is 461 g/mol. The fraction of sp³-hybridized carbons (Fsp3) is 0.0952. The predicted molar refractivity (Wildman–Crippen MR) is 116 cm³/mol. The van der Waals surface area contributed by atoms with Crippen LogP contribution >= 0.6 is 11.6 Å². The van der Waals surface area contributed by atoms with Crippen LogP contribution in [0.5, 0.6) is 17.2 Å². The van der Waals surface area contributed by atoms with E-state index in [-0.39, 0.29) is 34.6 Å². The first kappa shape index (κ1) is 21.0. The fourth-order valence-electron chi connectivity index (χ4n) is 2.97. The van der Waals surface area contributed by atoms with Crippen LogP contribution in [-0.2, 0) is 16.6 Å². The van der Waals surface area contributed by atoms with Crippen LogP contribution in [0.3, 0.4) is 0 Å². The Morgan fingerprint density at radius 3 is 2.55 bits per heavy atom. The van der Waals surface area contributed by atoms with E-state index in [1.807, 2.05) is 0 Å². The molecule has 3 aromatic rings. The average Bonchev–Trinajstić information content (AvgIpc) is 2.74. The number of guanidine groups is 1. The van der Waals surface area contributed by atoms with Gasteiger partial charge in [0.2, 0.25) is 5.96 Å².